The summed E-state index contributed by atoms with van der Waals surface area (Å²) < 4.78 is 7.60. The van der Waals surface area contributed by atoms with Gasteiger partial charge >= 0.3 is 5.97 Å². The van der Waals surface area contributed by atoms with Crippen molar-refractivity contribution in [3.05, 3.63) is 107 Å². The molecule has 0 spiro atoms. The minimum Gasteiger partial charge on any atom is -0.478 e. The highest BCUT2D eigenvalue weighted by Gasteiger charge is 2.19. The number of hydrogen-bond donors (Lipinski definition) is 1. The number of carboxylic acid groups (broad SMARTS) is 1. The van der Waals surface area contributed by atoms with Crippen LogP contribution in [0.1, 0.15) is 52.6 Å². The number of aryl methyl sites for hydroxylation is 1. The number of hydrogen-bond acceptors (Lipinski definition) is 3. The molecule has 0 saturated carbocycles. The van der Waals surface area contributed by atoms with Crippen molar-refractivity contribution in [1.29, 1.82) is 0 Å². The molecule has 5 nitrogen and oxygen atoms in total. The number of methoxy groups -OCH3 is 1. The Labute approximate surface area is 200 Å². The van der Waals surface area contributed by atoms with Crippen LogP contribution in [0.25, 0.3) is 16.8 Å². The van der Waals surface area contributed by atoms with Crippen molar-refractivity contribution in [2.45, 2.75) is 39.2 Å². The van der Waals surface area contributed by atoms with Crippen molar-refractivity contribution in [1.82, 2.24) is 9.78 Å². The van der Waals surface area contributed by atoms with E-state index in [-0.39, 0.29) is 0 Å². The van der Waals surface area contributed by atoms with Gasteiger partial charge in [-0.05, 0) is 47.7 Å². The maximum absolute atomic E-state index is 11.6. The molecule has 3 aromatic carbocycles. The lowest BCUT2D eigenvalue weighted by Crippen LogP contribution is -2.05. The second-order valence-corrected chi connectivity index (χ2v) is 8.38. The molecule has 34 heavy (non-hydrogen) atoms. The van der Waals surface area contributed by atoms with Gasteiger partial charge in [-0.2, -0.15) is 5.10 Å². The van der Waals surface area contributed by atoms with E-state index in [0.717, 1.165) is 59.4 Å². The van der Waals surface area contributed by atoms with Crippen LogP contribution >= 0.6 is 0 Å². The number of unbranched alkanes of at least 4 members (excludes halogenated alkanes) is 1. The quantitative estimate of drug-likeness (QED) is 0.305. The summed E-state index contributed by atoms with van der Waals surface area (Å²) in [6.45, 7) is 2.67. The average molecular weight is 455 g/mol. The van der Waals surface area contributed by atoms with E-state index in [1.54, 1.807) is 19.2 Å². The van der Waals surface area contributed by atoms with Crippen LogP contribution in [-0.2, 0) is 24.2 Å². The summed E-state index contributed by atoms with van der Waals surface area (Å²) in [6.07, 6.45) is 3.85. The first-order chi connectivity index (χ1) is 16.6. The zero-order valence-corrected chi connectivity index (χ0v) is 19.7. The Morgan fingerprint density at radius 1 is 0.971 bits per heavy atom. The van der Waals surface area contributed by atoms with Crippen LogP contribution in [0.3, 0.4) is 0 Å². The third kappa shape index (κ3) is 5.10. The molecule has 1 aromatic heterocycles. The van der Waals surface area contributed by atoms with E-state index in [4.69, 9.17) is 9.84 Å². The minimum atomic E-state index is -0.919. The van der Waals surface area contributed by atoms with Gasteiger partial charge in [0, 0.05) is 19.1 Å². The molecule has 4 aromatic rings. The molecule has 4 rings (SSSR count). The summed E-state index contributed by atoms with van der Waals surface area (Å²) >= 11 is 0. The van der Waals surface area contributed by atoms with Crippen LogP contribution in [0.5, 0.6) is 0 Å². The van der Waals surface area contributed by atoms with Gasteiger partial charge in [0.15, 0.2) is 0 Å². The maximum atomic E-state index is 11.6. The summed E-state index contributed by atoms with van der Waals surface area (Å²) in [6, 6.07) is 25.4. The van der Waals surface area contributed by atoms with Crippen molar-refractivity contribution in [2.24, 2.45) is 0 Å². The Kier molecular flexibility index (Phi) is 7.55. The average Bonchev–Trinajstić information content (AvgIpc) is 3.20. The van der Waals surface area contributed by atoms with Crippen molar-refractivity contribution in [3.8, 4) is 16.8 Å². The molecule has 0 unspecified atom stereocenters. The second-order valence-electron chi connectivity index (χ2n) is 8.38. The minimum absolute atomic E-state index is 0.309. The molecule has 0 amide bonds. The molecule has 0 aliphatic carbocycles. The van der Waals surface area contributed by atoms with E-state index in [1.165, 1.54) is 5.56 Å². The van der Waals surface area contributed by atoms with Gasteiger partial charge in [-0.25, -0.2) is 9.48 Å². The van der Waals surface area contributed by atoms with E-state index in [2.05, 4.69) is 31.2 Å². The Balaban J connectivity index is 1.70. The molecule has 0 atom stereocenters. The Morgan fingerprint density at radius 3 is 2.35 bits per heavy atom. The number of carbonyl (C=O) groups is 1. The Bertz CT molecular complexity index is 1240. The second kappa shape index (κ2) is 10.9. The van der Waals surface area contributed by atoms with Crippen LogP contribution in [0.4, 0.5) is 0 Å². The maximum Gasteiger partial charge on any atom is 0.336 e. The van der Waals surface area contributed by atoms with E-state index in [9.17, 15) is 9.90 Å². The number of aromatic nitrogens is 2. The summed E-state index contributed by atoms with van der Waals surface area (Å²) in [5.74, 6) is -0.919. The number of carboxylic acids is 1. The monoisotopic (exact) mass is 454 g/mol. The van der Waals surface area contributed by atoms with Gasteiger partial charge in [-0.15, -0.1) is 0 Å². The third-order valence-corrected chi connectivity index (χ3v) is 6.03. The number of nitrogens with zero attached hydrogens (tertiary/aromatic N) is 2. The van der Waals surface area contributed by atoms with Gasteiger partial charge in [-0.1, -0.05) is 74.0 Å². The van der Waals surface area contributed by atoms with Gasteiger partial charge in [0.05, 0.1) is 29.2 Å². The zero-order chi connectivity index (χ0) is 23.9. The van der Waals surface area contributed by atoms with Gasteiger partial charge in [0.2, 0.25) is 0 Å². The highest BCUT2D eigenvalue weighted by atomic mass is 16.5. The lowest BCUT2D eigenvalue weighted by atomic mass is 9.96. The van der Waals surface area contributed by atoms with Gasteiger partial charge < -0.3 is 9.84 Å². The molecular weight excluding hydrogens is 424 g/mol. The molecule has 1 N–H and O–H groups in total. The predicted molar refractivity (Wildman–Crippen MR) is 135 cm³/mol. The number of benzene rings is 3. The molecule has 1 heterocycles. The molecule has 0 aliphatic heterocycles. The first-order valence-corrected chi connectivity index (χ1v) is 11.7. The van der Waals surface area contributed by atoms with Crippen LogP contribution in [-0.4, -0.2) is 28.0 Å². The first kappa shape index (κ1) is 23.5. The number of rotatable bonds is 10. The van der Waals surface area contributed by atoms with Crippen LogP contribution < -0.4 is 0 Å². The fourth-order valence-electron chi connectivity index (χ4n) is 4.28. The topological polar surface area (TPSA) is 64.4 Å². The third-order valence-electron chi connectivity index (χ3n) is 6.03. The standard InChI is InChI=1S/C29H30N2O3/c1-3-4-14-27-26(28(20-34-2)31(30-27)23-10-6-5-7-11-23)19-21-15-17-22(18-16-21)24-12-8-9-13-25(24)29(32)33/h5-13,15-18H,3-4,14,19-20H2,1-2H3,(H,32,33). The molecule has 0 radical (unpaired) electrons. The van der Waals surface area contributed by atoms with Crippen molar-refractivity contribution < 1.29 is 14.6 Å². The predicted octanol–water partition coefficient (Wildman–Crippen LogP) is 6.32. The van der Waals surface area contributed by atoms with Crippen LogP contribution in [0, 0.1) is 0 Å². The van der Waals surface area contributed by atoms with Gasteiger partial charge in [0.1, 0.15) is 0 Å². The summed E-state index contributed by atoms with van der Waals surface area (Å²) in [5, 5.41) is 14.5. The number of para-hydroxylation sites is 1. The van der Waals surface area contributed by atoms with Crippen molar-refractivity contribution in [2.75, 3.05) is 7.11 Å². The molecule has 0 bridgehead atoms. The fourth-order valence-corrected chi connectivity index (χ4v) is 4.28. The van der Waals surface area contributed by atoms with Crippen LogP contribution in [0.2, 0.25) is 0 Å². The van der Waals surface area contributed by atoms with Crippen molar-refractivity contribution in [3.63, 3.8) is 0 Å². The highest BCUT2D eigenvalue weighted by Crippen LogP contribution is 2.27. The summed E-state index contributed by atoms with van der Waals surface area (Å²) in [4.78, 5) is 11.6. The lowest BCUT2D eigenvalue weighted by molar-refractivity contribution is 0.0697. The molecular formula is C29H30N2O3. The largest absolute Gasteiger partial charge is 0.478 e. The summed E-state index contributed by atoms with van der Waals surface area (Å²) in [7, 11) is 1.71. The van der Waals surface area contributed by atoms with Gasteiger partial charge in [0.25, 0.3) is 0 Å². The fraction of sp³-hybridized carbons (Fsp3) is 0.241. The van der Waals surface area contributed by atoms with E-state index < -0.39 is 5.97 Å². The Hall–Kier alpha value is -3.70. The van der Waals surface area contributed by atoms with E-state index >= 15 is 0 Å². The zero-order valence-electron chi connectivity index (χ0n) is 19.7. The SMILES string of the molecule is CCCCc1nn(-c2ccccc2)c(COC)c1Cc1ccc(-c2ccccc2C(=O)O)cc1. The normalized spacial score (nSPS) is 11.0. The van der Waals surface area contributed by atoms with Crippen LogP contribution in [0.15, 0.2) is 78.9 Å². The Morgan fingerprint density at radius 2 is 1.68 bits per heavy atom. The first-order valence-electron chi connectivity index (χ1n) is 11.7. The summed E-state index contributed by atoms with van der Waals surface area (Å²) in [5.41, 5.74) is 7.49. The molecule has 0 saturated heterocycles. The molecule has 0 fully saturated rings. The van der Waals surface area contributed by atoms with Gasteiger partial charge in [-0.3, -0.25) is 0 Å². The highest BCUT2D eigenvalue weighted by molar-refractivity contribution is 5.96. The van der Waals surface area contributed by atoms with E-state index in [0.29, 0.717) is 12.2 Å². The van der Waals surface area contributed by atoms with E-state index in [1.807, 2.05) is 47.1 Å². The van der Waals surface area contributed by atoms with Crippen molar-refractivity contribution >= 4 is 5.97 Å². The smallest absolute Gasteiger partial charge is 0.336 e. The number of aromatic carboxylic acids is 1. The lowest BCUT2D eigenvalue weighted by Gasteiger charge is -2.11. The molecule has 0 aliphatic rings. The number of ether oxygens (including phenoxy) is 1. The molecule has 5 heteroatoms. The molecule has 174 valence electrons.